The summed E-state index contributed by atoms with van der Waals surface area (Å²) in [6, 6.07) is 0.0188. The van der Waals surface area contributed by atoms with Crippen LogP contribution < -0.4 is 0 Å². The average Bonchev–Trinajstić information content (AvgIpc) is 3.04. The van der Waals surface area contributed by atoms with E-state index in [1.54, 1.807) is 0 Å². The van der Waals surface area contributed by atoms with Crippen LogP contribution in [0.1, 0.15) is 50.4 Å². The zero-order valence-electron chi connectivity index (χ0n) is 14.1. The van der Waals surface area contributed by atoms with Gasteiger partial charge in [0, 0.05) is 13.0 Å². The van der Waals surface area contributed by atoms with Crippen molar-refractivity contribution in [3.05, 3.63) is 11.6 Å². The van der Waals surface area contributed by atoms with Gasteiger partial charge in [-0.2, -0.15) is 5.10 Å². The number of carbonyl (C=O) groups is 1. The number of aryl methyl sites for hydroxylation is 1. The van der Waals surface area contributed by atoms with Crippen LogP contribution in [0.4, 0.5) is 0 Å². The number of rotatable bonds is 4. The largest absolute Gasteiger partial charge is 0.366 e. The number of carbonyl (C=O) groups excluding carboxylic acids is 1. The maximum Gasteiger partial charge on any atom is 0.240 e. The fourth-order valence-electron chi connectivity index (χ4n) is 3.41. The van der Waals surface area contributed by atoms with Crippen LogP contribution in [0.5, 0.6) is 0 Å². The van der Waals surface area contributed by atoms with Crippen molar-refractivity contribution in [1.29, 1.82) is 0 Å². The van der Waals surface area contributed by atoms with Gasteiger partial charge in [-0.3, -0.25) is 14.8 Å². The van der Waals surface area contributed by atoms with Gasteiger partial charge >= 0.3 is 0 Å². The van der Waals surface area contributed by atoms with E-state index in [-0.39, 0.29) is 18.1 Å². The Kier molecular flexibility index (Phi) is 5.27. The second kappa shape index (κ2) is 7.40. The maximum atomic E-state index is 12.8. The maximum absolute atomic E-state index is 12.8. The van der Waals surface area contributed by atoms with E-state index in [2.05, 4.69) is 27.0 Å². The fourth-order valence-corrected chi connectivity index (χ4v) is 3.41. The van der Waals surface area contributed by atoms with Gasteiger partial charge in [0.2, 0.25) is 5.91 Å². The number of likely N-dealkylation sites (tertiary alicyclic amines) is 1. The van der Waals surface area contributed by atoms with E-state index in [4.69, 9.17) is 4.74 Å². The highest BCUT2D eigenvalue weighted by molar-refractivity contribution is 5.82. The van der Waals surface area contributed by atoms with E-state index < -0.39 is 0 Å². The summed E-state index contributed by atoms with van der Waals surface area (Å²) in [7, 11) is 2.05. The summed E-state index contributed by atoms with van der Waals surface area (Å²) >= 11 is 0. The molecular formula is C16H27N5O2. The molecule has 0 spiro atoms. The van der Waals surface area contributed by atoms with Crippen molar-refractivity contribution < 1.29 is 9.53 Å². The molecule has 128 valence electrons. The van der Waals surface area contributed by atoms with Crippen molar-refractivity contribution in [3.63, 3.8) is 0 Å². The highest BCUT2D eigenvalue weighted by atomic mass is 16.5. The van der Waals surface area contributed by atoms with Crippen LogP contribution in [-0.2, 0) is 16.0 Å². The summed E-state index contributed by atoms with van der Waals surface area (Å²) in [5, 5.41) is 7.24. The highest BCUT2D eigenvalue weighted by Crippen LogP contribution is 2.23. The number of nitrogens with one attached hydrogen (secondary N) is 1. The molecule has 1 aromatic heterocycles. The van der Waals surface area contributed by atoms with Crippen molar-refractivity contribution in [1.82, 2.24) is 25.0 Å². The standard InChI is InChI=1S/C16H27N5O2/c1-3-6-14-17-15(19-18-14)13-11-21(9-10-23-13)16(22)12-7-4-5-8-20(12)2/h12-13H,3-11H2,1-2H3,(H,17,18,19)/t12-,13+/m0/s1. The number of likely N-dealkylation sites (N-methyl/N-ethyl adjacent to an activating group) is 1. The van der Waals surface area contributed by atoms with Crippen LogP contribution >= 0.6 is 0 Å². The van der Waals surface area contributed by atoms with Crippen molar-refractivity contribution in [2.75, 3.05) is 33.3 Å². The number of aromatic amines is 1. The van der Waals surface area contributed by atoms with Crippen LogP contribution in [0.15, 0.2) is 0 Å². The van der Waals surface area contributed by atoms with Crippen LogP contribution in [-0.4, -0.2) is 70.2 Å². The van der Waals surface area contributed by atoms with E-state index in [9.17, 15) is 4.79 Å². The second-order valence-electron chi connectivity index (χ2n) is 6.53. The van der Waals surface area contributed by atoms with E-state index >= 15 is 0 Å². The molecule has 3 rings (SSSR count). The number of aromatic nitrogens is 3. The summed E-state index contributed by atoms with van der Waals surface area (Å²) < 4.78 is 5.80. The van der Waals surface area contributed by atoms with Crippen LogP contribution in [0.3, 0.4) is 0 Å². The number of ether oxygens (including phenoxy) is 1. The lowest BCUT2D eigenvalue weighted by Crippen LogP contribution is -2.52. The molecule has 23 heavy (non-hydrogen) atoms. The minimum atomic E-state index is -0.219. The number of morpholine rings is 1. The monoisotopic (exact) mass is 321 g/mol. The van der Waals surface area contributed by atoms with Crippen LogP contribution in [0.25, 0.3) is 0 Å². The van der Waals surface area contributed by atoms with Crippen molar-refractivity contribution in [2.24, 2.45) is 0 Å². The Balaban J connectivity index is 1.64. The molecule has 2 atom stereocenters. The number of H-pyrrole nitrogens is 1. The normalized spacial score (nSPS) is 26.4. The van der Waals surface area contributed by atoms with Gasteiger partial charge in [-0.15, -0.1) is 0 Å². The van der Waals surface area contributed by atoms with Gasteiger partial charge in [-0.1, -0.05) is 13.3 Å². The number of hydrogen-bond acceptors (Lipinski definition) is 5. The lowest BCUT2D eigenvalue weighted by molar-refractivity contribution is -0.145. The van der Waals surface area contributed by atoms with Crippen LogP contribution in [0, 0.1) is 0 Å². The van der Waals surface area contributed by atoms with E-state index in [1.807, 2.05) is 11.9 Å². The highest BCUT2D eigenvalue weighted by Gasteiger charge is 2.34. The Morgan fingerprint density at radius 2 is 2.26 bits per heavy atom. The van der Waals surface area contributed by atoms with Crippen molar-refractivity contribution in [3.8, 4) is 0 Å². The first-order valence-corrected chi connectivity index (χ1v) is 8.71. The summed E-state index contributed by atoms with van der Waals surface area (Å²) in [4.78, 5) is 21.4. The first-order chi connectivity index (χ1) is 11.2. The average molecular weight is 321 g/mol. The minimum absolute atomic E-state index is 0.0188. The second-order valence-corrected chi connectivity index (χ2v) is 6.53. The third-order valence-electron chi connectivity index (χ3n) is 4.76. The molecule has 2 fully saturated rings. The molecule has 1 amide bonds. The molecule has 0 aliphatic carbocycles. The molecule has 0 bridgehead atoms. The van der Waals surface area contributed by atoms with E-state index in [0.29, 0.717) is 25.5 Å². The molecule has 2 aliphatic rings. The first-order valence-electron chi connectivity index (χ1n) is 8.71. The minimum Gasteiger partial charge on any atom is -0.366 e. The van der Waals surface area contributed by atoms with Gasteiger partial charge in [0.1, 0.15) is 11.9 Å². The molecule has 1 N–H and O–H groups in total. The molecule has 0 aromatic carbocycles. The zero-order chi connectivity index (χ0) is 16.2. The van der Waals surface area contributed by atoms with Crippen LogP contribution in [0.2, 0.25) is 0 Å². The molecule has 3 heterocycles. The number of hydrogen-bond donors (Lipinski definition) is 1. The SMILES string of the molecule is CCCc1nc([C@H]2CN(C(=O)[C@@H]3CCCCN3C)CCO2)n[nH]1. The first kappa shape index (κ1) is 16.4. The summed E-state index contributed by atoms with van der Waals surface area (Å²) in [5.74, 6) is 1.79. The topological polar surface area (TPSA) is 74.3 Å². The summed E-state index contributed by atoms with van der Waals surface area (Å²) in [6.07, 6.45) is 4.97. The van der Waals surface area contributed by atoms with Gasteiger partial charge in [0.05, 0.1) is 19.2 Å². The Morgan fingerprint density at radius 1 is 1.39 bits per heavy atom. The lowest BCUT2D eigenvalue weighted by atomic mass is 10.0. The molecule has 0 radical (unpaired) electrons. The third-order valence-corrected chi connectivity index (χ3v) is 4.76. The Morgan fingerprint density at radius 3 is 3.04 bits per heavy atom. The van der Waals surface area contributed by atoms with Crippen molar-refractivity contribution >= 4 is 5.91 Å². The number of piperidine rings is 1. The number of nitrogens with zero attached hydrogens (tertiary/aromatic N) is 4. The fraction of sp³-hybridized carbons (Fsp3) is 0.812. The van der Waals surface area contributed by atoms with Gasteiger partial charge in [0.15, 0.2) is 5.82 Å². The third kappa shape index (κ3) is 3.72. The van der Waals surface area contributed by atoms with Gasteiger partial charge in [-0.25, -0.2) is 4.98 Å². The Hall–Kier alpha value is -1.47. The molecule has 1 aromatic rings. The molecule has 0 saturated carbocycles. The molecule has 0 unspecified atom stereocenters. The predicted octanol–water partition coefficient (Wildman–Crippen LogP) is 1.14. The zero-order valence-corrected chi connectivity index (χ0v) is 14.1. The molecule has 2 aliphatic heterocycles. The van der Waals surface area contributed by atoms with Gasteiger partial charge in [0.25, 0.3) is 0 Å². The molecular weight excluding hydrogens is 294 g/mol. The quantitative estimate of drug-likeness (QED) is 0.900. The van der Waals surface area contributed by atoms with Gasteiger partial charge in [-0.05, 0) is 32.9 Å². The summed E-state index contributed by atoms with van der Waals surface area (Å²) in [6.45, 7) is 4.87. The lowest BCUT2D eigenvalue weighted by Gasteiger charge is -2.38. The predicted molar refractivity (Wildman–Crippen MR) is 85.9 cm³/mol. The van der Waals surface area contributed by atoms with E-state index in [0.717, 1.165) is 38.1 Å². The van der Waals surface area contributed by atoms with Gasteiger partial charge < -0.3 is 9.64 Å². The summed E-state index contributed by atoms with van der Waals surface area (Å²) in [5.41, 5.74) is 0. The molecule has 7 nitrogen and oxygen atoms in total. The van der Waals surface area contributed by atoms with Crippen molar-refractivity contribution in [2.45, 2.75) is 51.2 Å². The Bertz CT molecular complexity index is 532. The Labute approximate surface area is 137 Å². The molecule has 2 saturated heterocycles. The molecule has 7 heteroatoms. The smallest absolute Gasteiger partial charge is 0.240 e. The van der Waals surface area contributed by atoms with E-state index in [1.165, 1.54) is 6.42 Å². The number of amides is 1.